The molecular formula is C14H19NO3. The highest BCUT2D eigenvalue weighted by atomic mass is 16.7. The van der Waals surface area contributed by atoms with Crippen LogP contribution in [0.2, 0.25) is 0 Å². The number of benzene rings is 1. The van der Waals surface area contributed by atoms with Crippen molar-refractivity contribution < 1.29 is 14.3 Å². The molecule has 0 saturated carbocycles. The third-order valence-corrected chi connectivity index (χ3v) is 2.90. The Morgan fingerprint density at radius 3 is 2.61 bits per heavy atom. The minimum atomic E-state index is 0.0288. The lowest BCUT2D eigenvalue weighted by Gasteiger charge is -2.22. The lowest BCUT2D eigenvalue weighted by molar-refractivity contribution is 0.0751. The van der Waals surface area contributed by atoms with Crippen LogP contribution in [0, 0.1) is 0 Å². The first-order chi connectivity index (χ1) is 8.77. The lowest BCUT2D eigenvalue weighted by atomic mass is 10.1. The first-order valence-corrected chi connectivity index (χ1v) is 6.45. The number of hydrogen-bond donors (Lipinski definition) is 0. The Bertz CT molecular complexity index is 425. The van der Waals surface area contributed by atoms with Gasteiger partial charge in [0.15, 0.2) is 11.5 Å². The lowest BCUT2D eigenvalue weighted by Crippen LogP contribution is -2.32. The molecule has 0 fully saturated rings. The Morgan fingerprint density at radius 2 is 1.94 bits per heavy atom. The zero-order valence-electron chi connectivity index (χ0n) is 10.9. The van der Waals surface area contributed by atoms with Crippen LogP contribution in [0.5, 0.6) is 11.5 Å². The van der Waals surface area contributed by atoms with Crippen molar-refractivity contribution >= 4 is 5.91 Å². The van der Waals surface area contributed by atoms with Gasteiger partial charge in [-0.2, -0.15) is 0 Å². The van der Waals surface area contributed by atoms with E-state index in [4.69, 9.17) is 9.47 Å². The monoisotopic (exact) mass is 249 g/mol. The van der Waals surface area contributed by atoms with Crippen LogP contribution in [0.1, 0.15) is 37.0 Å². The Morgan fingerprint density at radius 1 is 1.22 bits per heavy atom. The summed E-state index contributed by atoms with van der Waals surface area (Å²) in [4.78, 5) is 14.3. The summed E-state index contributed by atoms with van der Waals surface area (Å²) >= 11 is 0. The summed E-state index contributed by atoms with van der Waals surface area (Å²) in [5.41, 5.74) is 0.604. The second kappa shape index (κ2) is 5.76. The molecule has 0 unspecified atom stereocenters. The third kappa shape index (κ3) is 2.42. The van der Waals surface area contributed by atoms with Crippen LogP contribution in [-0.4, -0.2) is 30.7 Å². The summed E-state index contributed by atoms with van der Waals surface area (Å²) in [6.45, 7) is 5.89. The summed E-state index contributed by atoms with van der Waals surface area (Å²) in [6.07, 6.45) is 1.91. The van der Waals surface area contributed by atoms with Gasteiger partial charge >= 0.3 is 0 Å². The molecule has 0 aliphatic carbocycles. The molecule has 4 heteroatoms. The quantitative estimate of drug-likeness (QED) is 0.805. The second-order valence-electron chi connectivity index (χ2n) is 4.33. The molecule has 0 radical (unpaired) electrons. The van der Waals surface area contributed by atoms with Gasteiger partial charge < -0.3 is 14.4 Å². The maximum atomic E-state index is 12.5. The van der Waals surface area contributed by atoms with Crippen molar-refractivity contribution in [3.63, 3.8) is 0 Å². The fraction of sp³-hybridized carbons (Fsp3) is 0.500. The summed E-state index contributed by atoms with van der Waals surface area (Å²) in [5, 5.41) is 0. The average Bonchev–Trinajstić information content (AvgIpc) is 2.85. The molecule has 1 aliphatic rings. The van der Waals surface area contributed by atoms with Gasteiger partial charge in [-0.05, 0) is 25.0 Å². The van der Waals surface area contributed by atoms with E-state index in [0.29, 0.717) is 17.1 Å². The molecule has 0 bridgehead atoms. The van der Waals surface area contributed by atoms with Gasteiger partial charge in [0.05, 0.1) is 5.56 Å². The van der Waals surface area contributed by atoms with Crippen molar-refractivity contribution in [1.29, 1.82) is 0 Å². The van der Waals surface area contributed by atoms with Crippen LogP contribution in [0.15, 0.2) is 18.2 Å². The van der Waals surface area contributed by atoms with Gasteiger partial charge in [-0.25, -0.2) is 0 Å². The van der Waals surface area contributed by atoms with Gasteiger partial charge in [-0.3, -0.25) is 4.79 Å². The Balaban J connectivity index is 2.24. The maximum Gasteiger partial charge on any atom is 0.257 e. The highest BCUT2D eigenvalue weighted by Crippen LogP contribution is 2.35. The normalized spacial score (nSPS) is 12.6. The zero-order valence-corrected chi connectivity index (χ0v) is 10.9. The predicted octanol–water partition coefficient (Wildman–Crippen LogP) is 2.68. The number of fused-ring (bicyclic) bond motifs is 1. The minimum Gasteiger partial charge on any atom is -0.454 e. The zero-order chi connectivity index (χ0) is 13.0. The Kier molecular flexibility index (Phi) is 4.07. The van der Waals surface area contributed by atoms with Gasteiger partial charge in [0.1, 0.15) is 0 Å². The SMILES string of the molecule is CCCN(CCC)C(=O)c1cccc2c1OCO2. The van der Waals surface area contributed by atoms with Crippen LogP contribution in [0.25, 0.3) is 0 Å². The molecular weight excluding hydrogens is 230 g/mol. The second-order valence-corrected chi connectivity index (χ2v) is 4.33. The van der Waals surface area contributed by atoms with E-state index in [9.17, 15) is 4.79 Å². The first kappa shape index (κ1) is 12.7. The molecule has 0 spiro atoms. The Hall–Kier alpha value is -1.71. The number of para-hydroxylation sites is 1. The molecule has 18 heavy (non-hydrogen) atoms. The molecule has 0 N–H and O–H groups in total. The third-order valence-electron chi connectivity index (χ3n) is 2.90. The molecule has 0 saturated heterocycles. The number of rotatable bonds is 5. The molecule has 1 amide bonds. The summed E-state index contributed by atoms with van der Waals surface area (Å²) in [6, 6.07) is 5.45. The molecule has 0 aromatic heterocycles. The average molecular weight is 249 g/mol. The number of amides is 1. The van der Waals surface area contributed by atoms with Gasteiger partial charge in [0.2, 0.25) is 6.79 Å². The van der Waals surface area contributed by atoms with Gasteiger partial charge in [-0.1, -0.05) is 19.9 Å². The van der Waals surface area contributed by atoms with Crippen LogP contribution >= 0.6 is 0 Å². The fourth-order valence-electron chi connectivity index (χ4n) is 2.12. The molecule has 1 aromatic carbocycles. The van der Waals surface area contributed by atoms with Gasteiger partial charge in [0.25, 0.3) is 5.91 Å². The van der Waals surface area contributed by atoms with Gasteiger partial charge in [0, 0.05) is 13.1 Å². The standard InChI is InChI=1S/C14H19NO3/c1-3-8-15(9-4-2)14(16)11-6-5-7-12-13(11)18-10-17-12/h5-7H,3-4,8-10H2,1-2H3. The van der Waals surface area contributed by atoms with E-state index in [1.807, 2.05) is 17.0 Å². The fourth-order valence-corrected chi connectivity index (χ4v) is 2.12. The summed E-state index contributed by atoms with van der Waals surface area (Å²) < 4.78 is 10.7. The largest absolute Gasteiger partial charge is 0.454 e. The van der Waals surface area contributed by atoms with Gasteiger partial charge in [-0.15, -0.1) is 0 Å². The van der Waals surface area contributed by atoms with Crippen LogP contribution in [0.4, 0.5) is 0 Å². The number of carbonyl (C=O) groups excluding carboxylic acids is 1. The molecule has 1 aromatic rings. The smallest absolute Gasteiger partial charge is 0.257 e. The molecule has 2 rings (SSSR count). The molecule has 1 heterocycles. The van der Waals surface area contributed by atoms with E-state index in [2.05, 4.69) is 13.8 Å². The Labute approximate surface area is 107 Å². The predicted molar refractivity (Wildman–Crippen MR) is 69.1 cm³/mol. The molecule has 0 atom stereocenters. The summed E-state index contributed by atoms with van der Waals surface area (Å²) in [7, 11) is 0. The van der Waals surface area contributed by atoms with Crippen LogP contribution in [-0.2, 0) is 0 Å². The van der Waals surface area contributed by atoms with Crippen LogP contribution in [0.3, 0.4) is 0 Å². The molecule has 1 aliphatic heterocycles. The summed E-state index contributed by atoms with van der Waals surface area (Å²) in [5.74, 6) is 1.27. The van der Waals surface area contributed by atoms with E-state index < -0.39 is 0 Å². The number of hydrogen-bond acceptors (Lipinski definition) is 3. The van der Waals surface area contributed by atoms with Crippen molar-refractivity contribution in [2.24, 2.45) is 0 Å². The topological polar surface area (TPSA) is 38.8 Å². The number of nitrogens with zero attached hydrogens (tertiary/aromatic N) is 1. The molecule has 4 nitrogen and oxygen atoms in total. The highest BCUT2D eigenvalue weighted by molar-refractivity contribution is 5.98. The van der Waals surface area contributed by atoms with Crippen molar-refractivity contribution in [3.05, 3.63) is 23.8 Å². The van der Waals surface area contributed by atoms with E-state index >= 15 is 0 Å². The van der Waals surface area contributed by atoms with E-state index in [-0.39, 0.29) is 12.7 Å². The van der Waals surface area contributed by atoms with Crippen LogP contribution < -0.4 is 9.47 Å². The maximum absolute atomic E-state index is 12.5. The van der Waals surface area contributed by atoms with Crippen molar-refractivity contribution in [2.45, 2.75) is 26.7 Å². The van der Waals surface area contributed by atoms with Crippen molar-refractivity contribution in [1.82, 2.24) is 4.90 Å². The van der Waals surface area contributed by atoms with E-state index in [1.165, 1.54) is 0 Å². The van der Waals surface area contributed by atoms with E-state index in [0.717, 1.165) is 25.9 Å². The number of carbonyl (C=O) groups is 1. The van der Waals surface area contributed by atoms with Crippen molar-refractivity contribution in [3.8, 4) is 11.5 Å². The molecule has 98 valence electrons. The number of ether oxygens (including phenoxy) is 2. The van der Waals surface area contributed by atoms with Crippen molar-refractivity contribution in [2.75, 3.05) is 19.9 Å². The first-order valence-electron chi connectivity index (χ1n) is 6.45. The highest BCUT2D eigenvalue weighted by Gasteiger charge is 2.24. The van der Waals surface area contributed by atoms with E-state index in [1.54, 1.807) is 6.07 Å². The minimum absolute atomic E-state index is 0.0288.